The maximum absolute atomic E-state index is 13.9. The molecule has 1 aliphatic carbocycles. The van der Waals surface area contributed by atoms with Crippen molar-refractivity contribution in [2.75, 3.05) is 27.2 Å². The van der Waals surface area contributed by atoms with Crippen LogP contribution in [0.3, 0.4) is 0 Å². The van der Waals surface area contributed by atoms with Crippen molar-refractivity contribution in [2.45, 2.75) is 102 Å². The molecule has 3 fully saturated rings. The summed E-state index contributed by atoms with van der Waals surface area (Å²) in [7, 11) is 3.91. The van der Waals surface area contributed by atoms with Crippen LogP contribution >= 0.6 is 0 Å². The Labute approximate surface area is 353 Å². The van der Waals surface area contributed by atoms with E-state index in [-0.39, 0.29) is 41.9 Å². The largest absolute Gasteiger partial charge is 0.465 e. The first kappa shape index (κ1) is 41.0. The zero-order valence-corrected chi connectivity index (χ0v) is 35.5. The SMILES string of the molecule is CN(C)[C@@H](C(=O)N1CCC[C@H]1c1ncc(-c2ccc(-c3ccc(-c4cnc([C@@H]5CCCN5C(=O)[C@H]5CC[C@@H](N(C(=O)O)C(C)(C)C)CC5)[nH]4)cc3)cc2)[nH]1)c1ccccc1. The molecular formula is C48H58N8O4. The first-order valence-electron chi connectivity index (χ1n) is 21.5. The van der Waals surface area contributed by atoms with Crippen LogP contribution in [0.4, 0.5) is 4.79 Å². The predicted octanol–water partition coefficient (Wildman–Crippen LogP) is 9.10. The summed E-state index contributed by atoms with van der Waals surface area (Å²) < 4.78 is 0. The van der Waals surface area contributed by atoms with Gasteiger partial charge in [-0.2, -0.15) is 0 Å². The van der Waals surface area contributed by atoms with Crippen LogP contribution in [-0.2, 0) is 9.59 Å². The van der Waals surface area contributed by atoms with Crippen molar-refractivity contribution < 1.29 is 19.5 Å². The third kappa shape index (κ3) is 8.34. The number of benzene rings is 3. The maximum atomic E-state index is 13.9. The van der Waals surface area contributed by atoms with Crippen LogP contribution in [-0.4, -0.2) is 101 Å². The van der Waals surface area contributed by atoms with E-state index < -0.39 is 11.6 Å². The molecule has 12 nitrogen and oxygen atoms in total. The summed E-state index contributed by atoms with van der Waals surface area (Å²) in [5, 5.41) is 9.88. The summed E-state index contributed by atoms with van der Waals surface area (Å²) >= 11 is 0. The van der Waals surface area contributed by atoms with Crippen molar-refractivity contribution in [2.24, 2.45) is 5.92 Å². The standard InChI is InChI=1S/C48H58N8O4/c1-48(2,3)56(47(59)60)37-25-23-36(24-26-37)45(57)54-27-9-13-40(54)43-49-29-38(51-43)33-19-15-31(16-20-33)32-17-21-34(22-18-32)39-30-50-44(52-39)41-14-10-28-55(41)46(58)42(53(4)5)35-11-7-6-8-12-35/h6-8,11-12,15-22,29-30,36-37,40-42H,9-10,13-14,23-28H2,1-5H3,(H,49,51)(H,50,52)(H,59,60)/t36-,37+,40-,41-,42+/m0/s1. The molecule has 2 saturated heterocycles. The van der Waals surface area contributed by atoms with Gasteiger partial charge in [0.15, 0.2) is 0 Å². The van der Waals surface area contributed by atoms with E-state index in [2.05, 4.69) is 58.5 Å². The molecule has 3 aromatic carbocycles. The van der Waals surface area contributed by atoms with Gasteiger partial charge in [-0.05, 0) is 114 Å². The van der Waals surface area contributed by atoms with Crippen molar-refractivity contribution in [1.82, 2.24) is 39.5 Å². The second kappa shape index (κ2) is 17.1. The topological polar surface area (TPSA) is 142 Å². The number of likely N-dealkylation sites (tertiary alicyclic amines) is 2. The third-order valence-corrected chi connectivity index (χ3v) is 12.8. The van der Waals surface area contributed by atoms with Gasteiger partial charge in [-0.25, -0.2) is 14.8 Å². The lowest BCUT2D eigenvalue weighted by Crippen LogP contribution is -2.52. The van der Waals surface area contributed by atoms with Crippen molar-refractivity contribution in [1.29, 1.82) is 0 Å². The number of carboxylic acid groups (broad SMARTS) is 1. The normalized spacial score (nSPS) is 21.4. The van der Waals surface area contributed by atoms with Gasteiger partial charge in [-0.3, -0.25) is 14.5 Å². The number of hydrogen-bond acceptors (Lipinski definition) is 6. The molecule has 1 saturated carbocycles. The minimum atomic E-state index is -0.893. The molecule has 5 aromatic rings. The highest BCUT2D eigenvalue weighted by Gasteiger charge is 2.41. The van der Waals surface area contributed by atoms with Crippen LogP contribution in [0.1, 0.15) is 107 Å². The molecule has 3 amide bonds. The number of rotatable bonds is 10. The number of hydrogen-bond donors (Lipinski definition) is 3. The van der Waals surface area contributed by atoms with Gasteiger partial charge in [0.1, 0.15) is 17.7 Å². The quantitative estimate of drug-likeness (QED) is 0.128. The van der Waals surface area contributed by atoms with Gasteiger partial charge >= 0.3 is 6.09 Å². The minimum Gasteiger partial charge on any atom is -0.465 e. The summed E-state index contributed by atoms with van der Waals surface area (Å²) in [5.41, 5.74) is 6.60. The number of amides is 3. The summed E-state index contributed by atoms with van der Waals surface area (Å²) in [6.45, 7) is 7.22. The Morgan fingerprint density at radius 3 is 1.65 bits per heavy atom. The van der Waals surface area contributed by atoms with Crippen LogP contribution in [0.5, 0.6) is 0 Å². The first-order chi connectivity index (χ1) is 28.9. The Morgan fingerprint density at radius 2 is 1.17 bits per heavy atom. The molecule has 4 heterocycles. The van der Waals surface area contributed by atoms with Crippen molar-refractivity contribution in [3.63, 3.8) is 0 Å². The molecule has 3 N–H and O–H groups in total. The monoisotopic (exact) mass is 810 g/mol. The van der Waals surface area contributed by atoms with E-state index in [1.165, 1.54) is 0 Å². The highest BCUT2D eigenvalue weighted by atomic mass is 16.4. The van der Waals surface area contributed by atoms with Crippen LogP contribution in [0, 0.1) is 5.92 Å². The molecule has 8 rings (SSSR count). The van der Waals surface area contributed by atoms with E-state index in [4.69, 9.17) is 9.97 Å². The van der Waals surface area contributed by atoms with Crippen LogP contribution in [0.25, 0.3) is 33.6 Å². The fourth-order valence-electron chi connectivity index (χ4n) is 9.88. The summed E-state index contributed by atoms with van der Waals surface area (Å²) in [6, 6.07) is 26.3. The fraction of sp³-hybridized carbons (Fsp3) is 0.438. The van der Waals surface area contributed by atoms with E-state index in [0.29, 0.717) is 38.8 Å². The van der Waals surface area contributed by atoms with E-state index in [1.54, 1.807) is 4.90 Å². The van der Waals surface area contributed by atoms with E-state index in [9.17, 15) is 19.5 Å². The molecule has 0 unspecified atom stereocenters. The molecule has 60 heavy (non-hydrogen) atoms. The number of likely N-dealkylation sites (N-methyl/N-ethyl adjacent to an activating group) is 1. The summed E-state index contributed by atoms with van der Waals surface area (Å²) in [5.74, 6) is 1.81. The van der Waals surface area contributed by atoms with Crippen LogP contribution in [0.15, 0.2) is 91.3 Å². The van der Waals surface area contributed by atoms with Crippen molar-refractivity contribution >= 4 is 17.9 Å². The van der Waals surface area contributed by atoms with Crippen LogP contribution in [0.2, 0.25) is 0 Å². The number of H-pyrrole nitrogens is 2. The molecule has 314 valence electrons. The summed E-state index contributed by atoms with van der Waals surface area (Å²) in [4.78, 5) is 64.0. The Balaban J connectivity index is 0.889. The van der Waals surface area contributed by atoms with Gasteiger partial charge in [0.2, 0.25) is 11.8 Å². The average Bonchev–Trinajstić information content (AvgIpc) is 4.08. The Morgan fingerprint density at radius 1 is 0.683 bits per heavy atom. The van der Waals surface area contributed by atoms with E-state index in [1.807, 2.05) is 92.3 Å². The molecule has 2 aliphatic heterocycles. The summed E-state index contributed by atoms with van der Waals surface area (Å²) in [6.07, 6.45) is 9.25. The van der Waals surface area contributed by atoms with Gasteiger partial charge in [0, 0.05) is 30.6 Å². The predicted molar refractivity (Wildman–Crippen MR) is 233 cm³/mol. The highest BCUT2D eigenvalue weighted by Crippen LogP contribution is 2.39. The zero-order valence-electron chi connectivity index (χ0n) is 35.5. The molecule has 0 radical (unpaired) electrons. The number of carbonyl (C=O) groups excluding carboxylic acids is 2. The second-order valence-corrected chi connectivity index (χ2v) is 18.0. The van der Waals surface area contributed by atoms with Crippen LogP contribution < -0.4 is 0 Å². The Hall–Kier alpha value is -5.75. The number of nitrogens with zero attached hydrogens (tertiary/aromatic N) is 6. The number of aromatic nitrogens is 4. The number of nitrogens with one attached hydrogen (secondary N) is 2. The first-order valence-corrected chi connectivity index (χ1v) is 21.5. The van der Waals surface area contributed by atoms with Crippen molar-refractivity contribution in [3.05, 3.63) is 108 Å². The Bertz CT molecular complexity index is 2270. The fourth-order valence-corrected chi connectivity index (χ4v) is 9.88. The lowest BCUT2D eigenvalue weighted by Gasteiger charge is -2.43. The molecule has 0 spiro atoms. The Kier molecular flexibility index (Phi) is 11.7. The zero-order chi connectivity index (χ0) is 42.1. The number of imidazole rings is 2. The minimum absolute atomic E-state index is 0.0638. The van der Waals surface area contributed by atoms with Gasteiger partial charge in [0.05, 0.1) is 35.9 Å². The van der Waals surface area contributed by atoms with Gasteiger partial charge in [-0.15, -0.1) is 0 Å². The average molecular weight is 811 g/mol. The molecule has 12 heteroatoms. The van der Waals surface area contributed by atoms with E-state index in [0.717, 1.165) is 76.5 Å². The third-order valence-electron chi connectivity index (χ3n) is 12.8. The second-order valence-electron chi connectivity index (χ2n) is 18.0. The number of aromatic amines is 2. The van der Waals surface area contributed by atoms with Crippen molar-refractivity contribution in [3.8, 4) is 33.6 Å². The van der Waals surface area contributed by atoms with E-state index >= 15 is 0 Å². The lowest BCUT2D eigenvalue weighted by atomic mass is 9.83. The molecular weight excluding hydrogens is 753 g/mol. The lowest BCUT2D eigenvalue weighted by molar-refractivity contribution is -0.138. The van der Waals surface area contributed by atoms with Gasteiger partial charge in [-0.1, -0.05) is 78.9 Å². The molecule has 3 atom stereocenters. The smallest absolute Gasteiger partial charge is 0.407 e. The number of carbonyl (C=O) groups is 3. The molecule has 3 aliphatic rings. The van der Waals surface area contributed by atoms with Gasteiger partial charge < -0.3 is 29.8 Å². The highest BCUT2D eigenvalue weighted by molar-refractivity contribution is 5.84. The maximum Gasteiger partial charge on any atom is 0.407 e. The molecule has 2 aromatic heterocycles. The van der Waals surface area contributed by atoms with Gasteiger partial charge in [0.25, 0.3) is 0 Å². The molecule has 0 bridgehead atoms.